The van der Waals surface area contributed by atoms with E-state index < -0.39 is 42.3 Å². The summed E-state index contributed by atoms with van der Waals surface area (Å²) < 4.78 is 12.2. The van der Waals surface area contributed by atoms with Gasteiger partial charge in [0.05, 0.1) is 19.8 Å². The van der Waals surface area contributed by atoms with Crippen molar-refractivity contribution in [1.29, 1.82) is 0 Å². The van der Waals surface area contributed by atoms with Crippen LogP contribution in [0.3, 0.4) is 0 Å². The number of aromatic amines is 1. The van der Waals surface area contributed by atoms with Gasteiger partial charge in [-0.05, 0) is 0 Å². The first kappa shape index (κ1) is 18.8. The van der Waals surface area contributed by atoms with Crippen LogP contribution >= 0.6 is 0 Å². The first-order chi connectivity index (χ1) is 12.9. The Labute approximate surface area is 151 Å². The predicted octanol–water partition coefficient (Wildman–Crippen LogP) is -2.16. The van der Waals surface area contributed by atoms with E-state index in [2.05, 4.69) is 14.7 Å². The second-order valence-corrected chi connectivity index (χ2v) is 5.93. The van der Waals surface area contributed by atoms with E-state index in [4.69, 9.17) is 10.5 Å². The molecule has 146 valence electrons. The maximum absolute atomic E-state index is 12.9. The molecular weight excluding hydrogens is 362 g/mol. The van der Waals surface area contributed by atoms with E-state index in [-0.39, 0.29) is 30.1 Å². The maximum Gasteiger partial charge on any atom is 0.332 e. The Kier molecular flexibility index (Phi) is 5.12. The molecule has 0 amide bonds. The molecule has 1 aliphatic rings. The molecule has 3 heterocycles. The zero-order chi connectivity index (χ0) is 19.7. The zero-order valence-corrected chi connectivity index (χ0v) is 14.4. The number of nitrogens with one attached hydrogen (secondary N) is 1. The van der Waals surface area contributed by atoms with Crippen molar-refractivity contribution in [3.05, 3.63) is 33.0 Å². The monoisotopic (exact) mass is 381 g/mol. The summed E-state index contributed by atoms with van der Waals surface area (Å²) in [6.07, 6.45) is -0.286. The van der Waals surface area contributed by atoms with Crippen LogP contribution in [0.1, 0.15) is 12.6 Å². The van der Waals surface area contributed by atoms with E-state index in [9.17, 15) is 24.6 Å². The largest absolute Gasteiger partial charge is 0.466 e. The summed E-state index contributed by atoms with van der Waals surface area (Å²) in [4.78, 5) is 42.8. The number of esters is 1. The first-order valence-corrected chi connectivity index (χ1v) is 8.06. The molecule has 0 radical (unpaired) electrons. The van der Waals surface area contributed by atoms with Crippen LogP contribution in [-0.4, -0.2) is 61.2 Å². The molecule has 1 saturated heterocycles. The summed E-state index contributed by atoms with van der Waals surface area (Å²) in [6.45, 7) is -0.534. The van der Waals surface area contributed by atoms with Crippen LogP contribution in [-0.2, 0) is 20.8 Å². The Morgan fingerprint density at radius 1 is 1.52 bits per heavy atom. The number of aromatic nitrogens is 4. The van der Waals surface area contributed by atoms with Gasteiger partial charge in [-0.2, -0.15) is 4.98 Å². The number of methoxy groups -OCH3 is 1. The van der Waals surface area contributed by atoms with Gasteiger partial charge in [-0.3, -0.25) is 14.3 Å². The molecule has 2 aromatic rings. The van der Waals surface area contributed by atoms with E-state index in [1.165, 1.54) is 13.2 Å². The summed E-state index contributed by atoms with van der Waals surface area (Å²) in [6, 6.07) is 0. The van der Waals surface area contributed by atoms with Crippen molar-refractivity contribution in [1.82, 2.24) is 19.1 Å². The normalized spacial score (nSPS) is 22.7. The molecule has 0 aliphatic carbocycles. The summed E-state index contributed by atoms with van der Waals surface area (Å²) in [7, 11) is 1.21. The van der Waals surface area contributed by atoms with Crippen LogP contribution in [0.15, 0.2) is 21.7 Å². The molecule has 1 aliphatic heterocycles. The number of imidazole rings is 1. The third kappa shape index (κ3) is 3.37. The van der Waals surface area contributed by atoms with E-state index in [0.717, 1.165) is 15.2 Å². The SMILES string of the molecule is COC(=O)/C=C/Cn1c(=O)n(C2CC(O)C(CO)O2)c2nc(N)[nH]c(=O)c21. The number of anilines is 1. The minimum atomic E-state index is -0.983. The van der Waals surface area contributed by atoms with Crippen molar-refractivity contribution in [2.75, 3.05) is 19.5 Å². The van der Waals surface area contributed by atoms with Crippen molar-refractivity contribution in [2.24, 2.45) is 0 Å². The highest BCUT2D eigenvalue weighted by atomic mass is 16.5. The number of aliphatic hydroxyl groups excluding tert-OH is 2. The van der Waals surface area contributed by atoms with Crippen molar-refractivity contribution < 1.29 is 24.5 Å². The van der Waals surface area contributed by atoms with Gasteiger partial charge in [0.2, 0.25) is 5.95 Å². The van der Waals surface area contributed by atoms with Gasteiger partial charge in [-0.25, -0.2) is 14.2 Å². The fourth-order valence-electron chi connectivity index (χ4n) is 2.99. The standard InChI is InChI=1S/C15H19N5O7/c1-26-10(23)3-2-4-19-11-12(17-14(16)18-13(11)24)20(15(19)25)9-5-7(22)8(6-21)27-9/h2-3,7-9,21-22H,4-6H2,1H3,(H3,16,17,18,24)/b3-2+. The maximum atomic E-state index is 12.9. The van der Waals surface area contributed by atoms with Crippen molar-refractivity contribution in [2.45, 2.75) is 31.4 Å². The summed E-state index contributed by atoms with van der Waals surface area (Å²) >= 11 is 0. The van der Waals surface area contributed by atoms with Crippen LogP contribution in [0.25, 0.3) is 11.2 Å². The van der Waals surface area contributed by atoms with Gasteiger partial charge in [-0.15, -0.1) is 0 Å². The van der Waals surface area contributed by atoms with Crippen LogP contribution in [0.4, 0.5) is 5.95 Å². The highest BCUT2D eigenvalue weighted by molar-refractivity contribution is 5.81. The lowest BCUT2D eigenvalue weighted by atomic mass is 10.2. The molecule has 2 aromatic heterocycles. The molecule has 12 heteroatoms. The molecule has 5 N–H and O–H groups in total. The quantitative estimate of drug-likeness (QED) is 0.332. The van der Waals surface area contributed by atoms with Crippen LogP contribution in [0.5, 0.6) is 0 Å². The Morgan fingerprint density at radius 2 is 2.26 bits per heavy atom. The number of rotatable bonds is 5. The molecule has 3 unspecified atom stereocenters. The van der Waals surface area contributed by atoms with Crippen molar-refractivity contribution >= 4 is 23.1 Å². The molecule has 0 aromatic carbocycles. The van der Waals surface area contributed by atoms with Gasteiger partial charge in [0.25, 0.3) is 5.56 Å². The molecule has 1 fully saturated rings. The first-order valence-electron chi connectivity index (χ1n) is 8.06. The molecule has 27 heavy (non-hydrogen) atoms. The van der Waals surface area contributed by atoms with E-state index in [1.54, 1.807) is 0 Å². The van der Waals surface area contributed by atoms with Gasteiger partial charge in [0.1, 0.15) is 12.3 Å². The van der Waals surface area contributed by atoms with Gasteiger partial charge in [-0.1, -0.05) is 6.08 Å². The molecular formula is C15H19N5O7. The second-order valence-electron chi connectivity index (χ2n) is 5.93. The number of carbonyl (C=O) groups excluding carboxylic acids is 1. The average molecular weight is 381 g/mol. The summed E-state index contributed by atoms with van der Waals surface area (Å²) in [5.41, 5.74) is 4.23. The highest BCUT2D eigenvalue weighted by Gasteiger charge is 2.37. The second kappa shape index (κ2) is 7.34. The smallest absolute Gasteiger partial charge is 0.332 e. The van der Waals surface area contributed by atoms with Gasteiger partial charge < -0.3 is 25.4 Å². The fraction of sp³-hybridized carbons (Fsp3) is 0.467. The number of nitrogen functional groups attached to an aromatic ring is 1. The number of ether oxygens (including phenoxy) is 2. The Balaban J connectivity index is 2.13. The molecule has 3 atom stereocenters. The number of carbonyl (C=O) groups is 1. The number of nitrogens with two attached hydrogens (primary N) is 1. The number of hydrogen-bond acceptors (Lipinski definition) is 9. The molecule has 0 spiro atoms. The van der Waals surface area contributed by atoms with Crippen molar-refractivity contribution in [3.8, 4) is 0 Å². The lowest BCUT2D eigenvalue weighted by Crippen LogP contribution is -2.28. The van der Waals surface area contributed by atoms with E-state index in [0.29, 0.717) is 0 Å². The topological polar surface area (TPSA) is 175 Å². The third-order valence-electron chi connectivity index (χ3n) is 4.25. The number of nitrogens with zero attached hydrogens (tertiary/aromatic N) is 3. The van der Waals surface area contributed by atoms with Crippen LogP contribution < -0.4 is 17.0 Å². The molecule has 0 bridgehead atoms. The van der Waals surface area contributed by atoms with Crippen LogP contribution in [0, 0.1) is 0 Å². The van der Waals surface area contributed by atoms with Gasteiger partial charge in [0.15, 0.2) is 11.2 Å². The fourth-order valence-corrected chi connectivity index (χ4v) is 2.99. The summed E-state index contributed by atoms with van der Waals surface area (Å²) in [5, 5.41) is 19.2. The minimum Gasteiger partial charge on any atom is -0.466 e. The van der Waals surface area contributed by atoms with Gasteiger partial charge >= 0.3 is 11.7 Å². The number of H-pyrrole nitrogens is 1. The van der Waals surface area contributed by atoms with E-state index in [1.807, 2.05) is 0 Å². The molecule has 3 rings (SSSR count). The number of fused-ring (bicyclic) bond motifs is 1. The number of aliphatic hydroxyl groups is 2. The average Bonchev–Trinajstić information content (AvgIpc) is 3.12. The highest BCUT2D eigenvalue weighted by Crippen LogP contribution is 2.29. The van der Waals surface area contributed by atoms with Crippen LogP contribution in [0.2, 0.25) is 0 Å². The number of hydrogen-bond donors (Lipinski definition) is 4. The van der Waals surface area contributed by atoms with Gasteiger partial charge in [0, 0.05) is 19.0 Å². The third-order valence-corrected chi connectivity index (χ3v) is 4.25. The Morgan fingerprint density at radius 3 is 2.89 bits per heavy atom. The lowest BCUT2D eigenvalue weighted by molar-refractivity contribution is -0.134. The Hall–Kier alpha value is -2.96. The van der Waals surface area contributed by atoms with E-state index >= 15 is 0 Å². The molecule has 0 saturated carbocycles. The zero-order valence-electron chi connectivity index (χ0n) is 14.4. The minimum absolute atomic E-state index is 0.0244. The Bertz CT molecular complexity index is 1000. The number of allylic oxidation sites excluding steroid dienone is 1. The van der Waals surface area contributed by atoms with Crippen molar-refractivity contribution in [3.63, 3.8) is 0 Å². The predicted molar refractivity (Wildman–Crippen MR) is 91.8 cm³/mol. The molecule has 12 nitrogen and oxygen atoms in total. The summed E-state index contributed by atoms with van der Waals surface area (Å²) in [5.74, 6) is -0.808. The lowest BCUT2D eigenvalue weighted by Gasteiger charge is -2.12.